The molecule has 0 aromatic rings. The second-order valence-electron chi connectivity index (χ2n) is 4.21. The first-order valence-corrected chi connectivity index (χ1v) is 4.67. The van der Waals surface area contributed by atoms with Crippen LogP contribution in [0, 0.1) is 5.41 Å². The van der Waals surface area contributed by atoms with Crippen LogP contribution in [0.1, 0.15) is 26.7 Å². The third-order valence-corrected chi connectivity index (χ3v) is 2.99. The molecule has 2 rings (SSSR count). The minimum absolute atomic E-state index is 0.0351. The van der Waals surface area contributed by atoms with Crippen molar-refractivity contribution in [2.45, 2.75) is 32.8 Å². The molecule has 2 nitrogen and oxygen atoms in total. The first kappa shape index (κ1) is 8.54. The molecule has 0 saturated heterocycles. The van der Waals surface area contributed by atoms with E-state index in [0.29, 0.717) is 0 Å². The summed E-state index contributed by atoms with van der Waals surface area (Å²) in [7, 11) is 0. The van der Waals surface area contributed by atoms with E-state index in [9.17, 15) is 4.79 Å². The summed E-state index contributed by atoms with van der Waals surface area (Å²) in [5, 5.41) is 0. The van der Waals surface area contributed by atoms with E-state index in [-0.39, 0.29) is 17.5 Å². The van der Waals surface area contributed by atoms with Crippen LogP contribution < -0.4 is 0 Å². The van der Waals surface area contributed by atoms with Gasteiger partial charge in [0, 0.05) is 11.5 Å². The molecule has 0 bridgehead atoms. The van der Waals surface area contributed by atoms with Crippen molar-refractivity contribution in [3.05, 3.63) is 23.8 Å². The van der Waals surface area contributed by atoms with Crippen LogP contribution >= 0.6 is 0 Å². The number of rotatable bonds is 0. The van der Waals surface area contributed by atoms with Crippen LogP contribution in [0.2, 0.25) is 0 Å². The van der Waals surface area contributed by atoms with Gasteiger partial charge in [0.1, 0.15) is 6.10 Å². The molecule has 0 aromatic carbocycles. The first-order chi connectivity index (χ1) is 6.10. The molecule has 0 amide bonds. The molecule has 0 saturated carbocycles. The highest BCUT2D eigenvalue weighted by Crippen LogP contribution is 2.40. The summed E-state index contributed by atoms with van der Waals surface area (Å²) in [4.78, 5) is 11.0. The highest BCUT2D eigenvalue weighted by molar-refractivity contribution is 5.83. The second kappa shape index (κ2) is 2.72. The van der Waals surface area contributed by atoms with E-state index in [1.165, 1.54) is 5.57 Å². The van der Waals surface area contributed by atoms with Gasteiger partial charge in [-0.1, -0.05) is 18.6 Å². The zero-order valence-electron chi connectivity index (χ0n) is 8.04. The van der Waals surface area contributed by atoms with Crippen molar-refractivity contribution in [2.24, 2.45) is 5.41 Å². The van der Waals surface area contributed by atoms with Crippen LogP contribution in [0.3, 0.4) is 0 Å². The van der Waals surface area contributed by atoms with Crippen molar-refractivity contribution in [3.8, 4) is 0 Å². The summed E-state index contributed by atoms with van der Waals surface area (Å²) >= 11 is 0. The first-order valence-electron chi connectivity index (χ1n) is 4.67. The molecule has 2 atom stereocenters. The maximum atomic E-state index is 11.0. The molecule has 0 fully saturated rings. The zero-order chi connectivity index (χ0) is 9.47. The second-order valence-corrected chi connectivity index (χ2v) is 4.21. The van der Waals surface area contributed by atoms with Crippen molar-refractivity contribution < 1.29 is 9.53 Å². The Bertz CT molecular complexity index is 301. The quantitative estimate of drug-likeness (QED) is 0.420. The third kappa shape index (κ3) is 1.41. The minimum atomic E-state index is -0.214. The summed E-state index contributed by atoms with van der Waals surface area (Å²) in [5.41, 5.74) is 1.36. The highest BCUT2D eigenvalue weighted by Gasteiger charge is 2.38. The predicted molar refractivity (Wildman–Crippen MR) is 50.1 cm³/mol. The van der Waals surface area contributed by atoms with Gasteiger partial charge in [-0.2, -0.15) is 0 Å². The van der Waals surface area contributed by atoms with Crippen LogP contribution in [0.4, 0.5) is 0 Å². The number of carbonyl (C=O) groups excluding carboxylic acids is 1. The monoisotopic (exact) mass is 178 g/mol. The normalized spacial score (nSPS) is 37.8. The number of hydrogen-bond acceptors (Lipinski definition) is 2. The van der Waals surface area contributed by atoms with E-state index in [1.807, 2.05) is 6.08 Å². The minimum Gasteiger partial charge on any atom is -0.454 e. The van der Waals surface area contributed by atoms with Crippen molar-refractivity contribution in [1.29, 1.82) is 0 Å². The number of ether oxygens (including phenoxy) is 1. The molecular weight excluding hydrogens is 164 g/mol. The molecule has 70 valence electrons. The van der Waals surface area contributed by atoms with Gasteiger partial charge in [0.05, 0.1) is 0 Å². The maximum Gasteiger partial charge on any atom is 0.331 e. The van der Waals surface area contributed by atoms with Crippen LogP contribution in [0.25, 0.3) is 0 Å². The summed E-state index contributed by atoms with van der Waals surface area (Å²) < 4.78 is 5.26. The lowest BCUT2D eigenvalue weighted by Gasteiger charge is -2.38. The van der Waals surface area contributed by atoms with Crippen LogP contribution in [-0.2, 0) is 9.53 Å². The fourth-order valence-electron chi connectivity index (χ4n) is 1.91. The summed E-state index contributed by atoms with van der Waals surface area (Å²) in [6, 6.07) is 0. The van der Waals surface area contributed by atoms with E-state index in [1.54, 1.807) is 6.08 Å². The molecule has 13 heavy (non-hydrogen) atoms. The van der Waals surface area contributed by atoms with Gasteiger partial charge in [-0.3, -0.25) is 0 Å². The van der Waals surface area contributed by atoms with Gasteiger partial charge < -0.3 is 4.74 Å². The Labute approximate surface area is 78.3 Å². The van der Waals surface area contributed by atoms with Crippen molar-refractivity contribution >= 4 is 5.97 Å². The average molecular weight is 178 g/mol. The number of hydrogen-bond donors (Lipinski definition) is 0. The molecule has 2 aliphatic rings. The molecule has 0 spiro atoms. The molecule has 0 radical (unpaired) electrons. The zero-order valence-corrected chi connectivity index (χ0v) is 8.04. The van der Waals surface area contributed by atoms with Crippen LogP contribution in [0.5, 0.6) is 0 Å². The molecule has 1 aliphatic carbocycles. The van der Waals surface area contributed by atoms with Gasteiger partial charge in [0.2, 0.25) is 0 Å². The Morgan fingerprint density at radius 3 is 3.15 bits per heavy atom. The largest absolute Gasteiger partial charge is 0.454 e. The molecule has 0 N–H and O–H groups in total. The fraction of sp³-hybridized carbons (Fsp3) is 0.545. The SMILES string of the molecule is CC1=C[C@@H]2OC(=O)C=C[C@]2(C)CC1. The smallest absolute Gasteiger partial charge is 0.331 e. The highest BCUT2D eigenvalue weighted by atomic mass is 16.5. The van der Waals surface area contributed by atoms with E-state index in [4.69, 9.17) is 4.74 Å². The average Bonchev–Trinajstić information content (AvgIpc) is 2.08. The number of allylic oxidation sites excluding steroid dienone is 1. The van der Waals surface area contributed by atoms with E-state index >= 15 is 0 Å². The van der Waals surface area contributed by atoms with Crippen molar-refractivity contribution in [2.75, 3.05) is 0 Å². The van der Waals surface area contributed by atoms with Crippen molar-refractivity contribution in [3.63, 3.8) is 0 Å². The van der Waals surface area contributed by atoms with Gasteiger partial charge in [-0.05, 0) is 25.8 Å². The topological polar surface area (TPSA) is 26.3 Å². The molecule has 0 aromatic heterocycles. The predicted octanol–water partition coefficient (Wildman–Crippen LogP) is 2.21. The van der Waals surface area contributed by atoms with E-state index < -0.39 is 0 Å². The standard InChI is InChI=1S/C11H14O2/c1-8-3-5-11(2)6-4-10(12)13-9(11)7-8/h4,6-7,9H,3,5H2,1-2H3/t9-,11-/m0/s1. The summed E-state index contributed by atoms with van der Waals surface area (Å²) in [6.07, 6.45) is 7.75. The lowest BCUT2D eigenvalue weighted by Crippen LogP contribution is -2.38. The van der Waals surface area contributed by atoms with E-state index in [0.717, 1.165) is 12.8 Å². The van der Waals surface area contributed by atoms with Crippen LogP contribution in [-0.4, -0.2) is 12.1 Å². The lowest BCUT2D eigenvalue weighted by molar-refractivity contribution is -0.147. The Morgan fingerprint density at radius 1 is 1.62 bits per heavy atom. The molecule has 2 heteroatoms. The fourth-order valence-corrected chi connectivity index (χ4v) is 1.91. The molecular formula is C11H14O2. The number of carbonyl (C=O) groups is 1. The molecule has 1 aliphatic heterocycles. The van der Waals surface area contributed by atoms with Gasteiger partial charge in [0.25, 0.3) is 0 Å². The lowest BCUT2D eigenvalue weighted by atomic mass is 9.73. The van der Waals surface area contributed by atoms with Crippen molar-refractivity contribution in [1.82, 2.24) is 0 Å². The third-order valence-electron chi connectivity index (χ3n) is 2.99. The number of fused-ring (bicyclic) bond motifs is 1. The van der Waals surface area contributed by atoms with Gasteiger partial charge in [-0.15, -0.1) is 0 Å². The van der Waals surface area contributed by atoms with Gasteiger partial charge in [0.15, 0.2) is 0 Å². The van der Waals surface area contributed by atoms with E-state index in [2.05, 4.69) is 19.9 Å². The van der Waals surface area contributed by atoms with Gasteiger partial charge >= 0.3 is 5.97 Å². The van der Waals surface area contributed by atoms with Gasteiger partial charge in [-0.25, -0.2) is 4.79 Å². The van der Waals surface area contributed by atoms with Crippen LogP contribution in [0.15, 0.2) is 23.8 Å². The Morgan fingerprint density at radius 2 is 2.38 bits per heavy atom. The summed E-state index contributed by atoms with van der Waals surface area (Å²) in [6.45, 7) is 4.23. The Balaban J connectivity index is 2.34. The maximum absolute atomic E-state index is 11.0. The Hall–Kier alpha value is -1.05. The molecule has 1 heterocycles. The Kier molecular flexibility index (Phi) is 1.79. The molecule has 0 unspecified atom stereocenters. The number of esters is 1. The summed E-state index contributed by atoms with van der Waals surface area (Å²) in [5.74, 6) is -0.214.